The maximum absolute atomic E-state index is 12.4. The number of rotatable bonds is 6. The molecule has 1 fully saturated rings. The second-order valence-corrected chi connectivity index (χ2v) is 7.92. The molecule has 0 unspecified atom stereocenters. The van der Waals surface area contributed by atoms with Crippen molar-refractivity contribution in [2.75, 3.05) is 50.1 Å². The number of benzene rings is 2. The molecule has 3 aromatic rings. The van der Waals surface area contributed by atoms with E-state index < -0.39 is 0 Å². The van der Waals surface area contributed by atoms with Crippen LogP contribution in [-0.2, 0) is 4.79 Å². The SMILES string of the molecule is COc1cccc(N2CC[NH+](CC(=O)Nc3nnc(-c4ccccc4)s3)CC2)c1. The number of carbonyl (C=O) groups excluding carboxylic acids is 1. The van der Waals surface area contributed by atoms with Crippen molar-refractivity contribution < 1.29 is 14.4 Å². The molecular weight excluding hydrogens is 386 g/mol. The first-order valence-electron chi connectivity index (χ1n) is 9.62. The summed E-state index contributed by atoms with van der Waals surface area (Å²) >= 11 is 1.39. The van der Waals surface area contributed by atoms with E-state index in [0.29, 0.717) is 11.7 Å². The summed E-state index contributed by atoms with van der Waals surface area (Å²) in [6, 6.07) is 18.0. The highest BCUT2D eigenvalue weighted by atomic mass is 32.1. The van der Waals surface area contributed by atoms with Crippen LogP contribution in [0.4, 0.5) is 10.8 Å². The topological polar surface area (TPSA) is 71.8 Å². The lowest BCUT2D eigenvalue weighted by Crippen LogP contribution is -3.15. The summed E-state index contributed by atoms with van der Waals surface area (Å²) in [5, 5.41) is 12.5. The Labute approximate surface area is 173 Å². The number of hydrogen-bond donors (Lipinski definition) is 2. The van der Waals surface area contributed by atoms with E-state index in [2.05, 4.69) is 32.5 Å². The second kappa shape index (κ2) is 9.02. The van der Waals surface area contributed by atoms with E-state index in [-0.39, 0.29) is 5.91 Å². The summed E-state index contributed by atoms with van der Waals surface area (Å²) in [6.45, 7) is 4.08. The van der Waals surface area contributed by atoms with Gasteiger partial charge in [0.05, 0.1) is 33.3 Å². The Morgan fingerprint density at radius 3 is 2.69 bits per heavy atom. The number of quaternary nitrogens is 1. The Balaban J connectivity index is 1.27. The highest BCUT2D eigenvalue weighted by molar-refractivity contribution is 7.18. The van der Waals surface area contributed by atoms with Gasteiger partial charge in [-0.3, -0.25) is 10.1 Å². The van der Waals surface area contributed by atoms with Crippen LogP contribution >= 0.6 is 11.3 Å². The molecule has 29 heavy (non-hydrogen) atoms. The summed E-state index contributed by atoms with van der Waals surface area (Å²) in [6.07, 6.45) is 0. The summed E-state index contributed by atoms with van der Waals surface area (Å²) in [5.41, 5.74) is 2.17. The predicted molar refractivity (Wildman–Crippen MR) is 115 cm³/mol. The average molecular weight is 411 g/mol. The molecule has 8 heteroatoms. The van der Waals surface area contributed by atoms with Crippen molar-refractivity contribution in [2.24, 2.45) is 0 Å². The fraction of sp³-hybridized carbons (Fsp3) is 0.286. The van der Waals surface area contributed by atoms with Gasteiger partial charge in [0, 0.05) is 17.3 Å². The van der Waals surface area contributed by atoms with Crippen LogP contribution in [0.25, 0.3) is 10.6 Å². The molecule has 1 saturated heterocycles. The van der Waals surface area contributed by atoms with Gasteiger partial charge >= 0.3 is 0 Å². The number of nitrogens with zero attached hydrogens (tertiary/aromatic N) is 3. The lowest BCUT2D eigenvalue weighted by Gasteiger charge is -2.33. The third-order valence-electron chi connectivity index (χ3n) is 4.99. The highest BCUT2D eigenvalue weighted by Crippen LogP contribution is 2.25. The number of ether oxygens (including phenoxy) is 1. The molecule has 1 aliphatic rings. The van der Waals surface area contributed by atoms with Crippen molar-refractivity contribution in [3.8, 4) is 16.3 Å². The van der Waals surface area contributed by atoms with Gasteiger partial charge in [-0.1, -0.05) is 47.7 Å². The number of hydrogen-bond acceptors (Lipinski definition) is 6. The van der Waals surface area contributed by atoms with Gasteiger partial charge < -0.3 is 14.5 Å². The van der Waals surface area contributed by atoms with Gasteiger partial charge in [-0.05, 0) is 12.1 Å². The third kappa shape index (κ3) is 4.90. The van der Waals surface area contributed by atoms with Crippen LogP contribution in [0, 0.1) is 0 Å². The van der Waals surface area contributed by atoms with Crippen LogP contribution in [0.1, 0.15) is 0 Å². The Morgan fingerprint density at radius 2 is 1.93 bits per heavy atom. The molecule has 0 spiro atoms. The second-order valence-electron chi connectivity index (χ2n) is 6.94. The van der Waals surface area contributed by atoms with Gasteiger partial charge in [0.25, 0.3) is 5.91 Å². The maximum atomic E-state index is 12.4. The number of nitrogens with one attached hydrogen (secondary N) is 2. The fourth-order valence-corrected chi connectivity index (χ4v) is 4.19. The van der Waals surface area contributed by atoms with E-state index >= 15 is 0 Å². The first kappa shape index (κ1) is 19.4. The predicted octanol–water partition coefficient (Wildman–Crippen LogP) is 1.56. The molecule has 1 amide bonds. The monoisotopic (exact) mass is 410 g/mol. The molecule has 0 saturated carbocycles. The number of amides is 1. The van der Waals surface area contributed by atoms with E-state index in [1.807, 2.05) is 42.5 Å². The van der Waals surface area contributed by atoms with Crippen LogP contribution < -0.4 is 19.9 Å². The largest absolute Gasteiger partial charge is 0.497 e. The van der Waals surface area contributed by atoms with E-state index in [1.54, 1.807) is 7.11 Å². The van der Waals surface area contributed by atoms with Crippen LogP contribution in [0.2, 0.25) is 0 Å². The molecule has 2 N–H and O–H groups in total. The fourth-order valence-electron chi connectivity index (χ4n) is 3.43. The summed E-state index contributed by atoms with van der Waals surface area (Å²) in [7, 11) is 1.68. The third-order valence-corrected chi connectivity index (χ3v) is 5.88. The first-order chi connectivity index (χ1) is 14.2. The van der Waals surface area contributed by atoms with E-state index in [0.717, 1.165) is 48.2 Å². The Hall–Kier alpha value is -2.97. The van der Waals surface area contributed by atoms with E-state index in [1.165, 1.54) is 16.2 Å². The molecule has 150 valence electrons. The number of anilines is 2. The van der Waals surface area contributed by atoms with Crippen molar-refractivity contribution in [3.05, 3.63) is 54.6 Å². The van der Waals surface area contributed by atoms with E-state index in [9.17, 15) is 4.79 Å². The minimum absolute atomic E-state index is 0.0226. The van der Waals surface area contributed by atoms with Crippen LogP contribution in [0.3, 0.4) is 0 Å². The normalized spacial score (nSPS) is 14.6. The smallest absolute Gasteiger partial charge is 0.281 e. The van der Waals surface area contributed by atoms with Crippen molar-refractivity contribution in [1.29, 1.82) is 0 Å². The maximum Gasteiger partial charge on any atom is 0.281 e. The minimum atomic E-state index is -0.0226. The zero-order valence-electron chi connectivity index (χ0n) is 16.3. The quantitative estimate of drug-likeness (QED) is 0.645. The highest BCUT2D eigenvalue weighted by Gasteiger charge is 2.23. The molecule has 0 bridgehead atoms. The Bertz CT molecular complexity index is 954. The van der Waals surface area contributed by atoms with Crippen molar-refractivity contribution >= 4 is 28.1 Å². The average Bonchev–Trinajstić information content (AvgIpc) is 3.23. The summed E-state index contributed by atoms with van der Waals surface area (Å²) in [4.78, 5) is 16.0. The lowest BCUT2D eigenvalue weighted by molar-refractivity contribution is -0.892. The molecule has 2 heterocycles. The van der Waals surface area contributed by atoms with Crippen LogP contribution in [0.15, 0.2) is 54.6 Å². The molecule has 0 aliphatic carbocycles. The zero-order valence-corrected chi connectivity index (χ0v) is 17.1. The van der Waals surface area contributed by atoms with Crippen LogP contribution in [0.5, 0.6) is 5.75 Å². The van der Waals surface area contributed by atoms with Crippen molar-refractivity contribution in [3.63, 3.8) is 0 Å². The van der Waals surface area contributed by atoms with Crippen molar-refractivity contribution in [2.45, 2.75) is 0 Å². The number of aromatic nitrogens is 2. The van der Waals surface area contributed by atoms with Gasteiger partial charge in [0.2, 0.25) is 5.13 Å². The van der Waals surface area contributed by atoms with Gasteiger partial charge in [-0.2, -0.15) is 0 Å². The molecule has 4 rings (SSSR count). The number of piperazine rings is 1. The molecular formula is C21H24N5O2S+. The minimum Gasteiger partial charge on any atom is -0.497 e. The van der Waals surface area contributed by atoms with Gasteiger partial charge in [-0.25, -0.2) is 0 Å². The number of methoxy groups -OCH3 is 1. The summed E-state index contributed by atoms with van der Waals surface area (Å²) < 4.78 is 5.31. The zero-order chi connectivity index (χ0) is 20.1. The number of carbonyl (C=O) groups is 1. The molecule has 7 nitrogen and oxygen atoms in total. The molecule has 0 radical (unpaired) electrons. The van der Waals surface area contributed by atoms with Crippen LogP contribution in [-0.4, -0.2) is 55.9 Å². The van der Waals surface area contributed by atoms with Gasteiger partial charge in [0.1, 0.15) is 10.8 Å². The molecule has 0 atom stereocenters. The van der Waals surface area contributed by atoms with E-state index in [4.69, 9.17) is 4.74 Å². The molecule has 2 aromatic carbocycles. The molecule has 1 aliphatic heterocycles. The Morgan fingerprint density at radius 1 is 1.14 bits per heavy atom. The summed E-state index contributed by atoms with van der Waals surface area (Å²) in [5.74, 6) is 0.842. The lowest BCUT2D eigenvalue weighted by atomic mass is 10.2. The Kier molecular flexibility index (Phi) is 6.02. The molecule has 1 aromatic heterocycles. The van der Waals surface area contributed by atoms with Gasteiger partial charge in [-0.15, -0.1) is 10.2 Å². The van der Waals surface area contributed by atoms with Gasteiger partial charge in [0.15, 0.2) is 6.54 Å². The van der Waals surface area contributed by atoms with Crippen molar-refractivity contribution in [1.82, 2.24) is 10.2 Å². The first-order valence-corrected chi connectivity index (χ1v) is 10.4. The standard InChI is InChI=1S/C21H23N5O2S/c1-28-18-9-5-8-17(14-18)26-12-10-25(11-13-26)15-19(27)22-21-24-23-20(29-21)16-6-3-2-4-7-16/h2-9,14H,10-13,15H2,1H3,(H,22,24,27)/p+1.